The zero-order valence-electron chi connectivity index (χ0n) is 21.8. The van der Waals surface area contributed by atoms with E-state index in [0.717, 1.165) is 49.8 Å². The first-order valence-electron chi connectivity index (χ1n) is 13.6. The molecule has 1 unspecified atom stereocenters. The molecule has 192 valence electrons. The van der Waals surface area contributed by atoms with Gasteiger partial charge in [0.25, 0.3) is 0 Å². The Morgan fingerprint density at radius 1 is 1.06 bits per heavy atom. The number of carboxylic acid groups (broad SMARTS) is 1. The van der Waals surface area contributed by atoms with E-state index in [9.17, 15) is 14.7 Å². The fourth-order valence-electron chi connectivity index (χ4n) is 7.95. The van der Waals surface area contributed by atoms with E-state index in [-0.39, 0.29) is 24.2 Å². The SMILES string of the molecule is CCOc1ccc(C(C)(C)NC(=O)C2CC[C@H]3[C@@H]4CCc5ccccc5[C@H]4CC[C@]23CC(=O)O)cc1. The monoisotopic (exact) mass is 489 g/mol. The normalized spacial score (nSPS) is 29.0. The van der Waals surface area contributed by atoms with Gasteiger partial charge in [0, 0.05) is 5.92 Å². The number of rotatable bonds is 7. The number of aliphatic carboxylic acids is 1. The summed E-state index contributed by atoms with van der Waals surface area (Å²) >= 11 is 0. The van der Waals surface area contributed by atoms with Crippen LogP contribution in [0.25, 0.3) is 0 Å². The van der Waals surface area contributed by atoms with Gasteiger partial charge in [-0.25, -0.2) is 0 Å². The minimum Gasteiger partial charge on any atom is -0.494 e. The highest BCUT2D eigenvalue weighted by Gasteiger charge is 2.60. The lowest BCUT2D eigenvalue weighted by Gasteiger charge is -2.52. The smallest absolute Gasteiger partial charge is 0.303 e. The zero-order chi connectivity index (χ0) is 25.5. The maximum absolute atomic E-state index is 13.9. The van der Waals surface area contributed by atoms with Crippen molar-refractivity contribution in [2.45, 2.75) is 77.2 Å². The van der Waals surface area contributed by atoms with Crippen molar-refractivity contribution in [3.05, 3.63) is 65.2 Å². The van der Waals surface area contributed by atoms with E-state index in [1.165, 1.54) is 11.1 Å². The molecule has 0 spiro atoms. The van der Waals surface area contributed by atoms with Gasteiger partial charge in [-0.3, -0.25) is 9.59 Å². The largest absolute Gasteiger partial charge is 0.494 e. The number of fused-ring (bicyclic) bond motifs is 5. The average Bonchev–Trinajstić information content (AvgIpc) is 3.23. The number of ether oxygens (including phenoxy) is 1. The van der Waals surface area contributed by atoms with Crippen molar-refractivity contribution in [3.8, 4) is 5.75 Å². The minimum atomic E-state index is -0.778. The fourth-order valence-corrected chi connectivity index (χ4v) is 7.95. The zero-order valence-corrected chi connectivity index (χ0v) is 21.8. The lowest BCUT2D eigenvalue weighted by molar-refractivity contribution is -0.146. The molecule has 2 aromatic rings. The molecule has 0 bridgehead atoms. The maximum atomic E-state index is 13.9. The molecule has 1 amide bonds. The van der Waals surface area contributed by atoms with Crippen molar-refractivity contribution in [1.29, 1.82) is 0 Å². The van der Waals surface area contributed by atoms with Crippen LogP contribution in [0, 0.1) is 23.2 Å². The summed E-state index contributed by atoms with van der Waals surface area (Å²) in [7, 11) is 0. The van der Waals surface area contributed by atoms with E-state index in [2.05, 4.69) is 29.6 Å². The number of aryl methyl sites for hydroxylation is 1. The molecule has 0 saturated heterocycles. The number of benzene rings is 2. The van der Waals surface area contributed by atoms with Gasteiger partial charge in [-0.05, 0) is 111 Å². The predicted octanol–water partition coefficient (Wildman–Crippen LogP) is 6.06. The van der Waals surface area contributed by atoms with Crippen molar-refractivity contribution < 1.29 is 19.4 Å². The van der Waals surface area contributed by atoms with Crippen molar-refractivity contribution in [2.24, 2.45) is 23.2 Å². The third-order valence-corrected chi connectivity index (χ3v) is 9.47. The van der Waals surface area contributed by atoms with Gasteiger partial charge in [0.1, 0.15) is 5.75 Å². The Kier molecular flexibility index (Phi) is 6.61. The lowest BCUT2D eigenvalue weighted by atomic mass is 9.52. The summed E-state index contributed by atoms with van der Waals surface area (Å²) in [4.78, 5) is 26.1. The van der Waals surface area contributed by atoms with Crippen LogP contribution in [0.3, 0.4) is 0 Å². The molecule has 5 atom stereocenters. The van der Waals surface area contributed by atoms with Gasteiger partial charge in [-0.1, -0.05) is 36.4 Å². The highest BCUT2D eigenvalue weighted by Crippen LogP contribution is 2.64. The molecule has 3 aliphatic carbocycles. The van der Waals surface area contributed by atoms with Gasteiger partial charge in [-0.15, -0.1) is 0 Å². The molecule has 0 aliphatic heterocycles. The average molecular weight is 490 g/mol. The molecule has 5 rings (SSSR count). The van der Waals surface area contributed by atoms with Crippen molar-refractivity contribution in [2.75, 3.05) is 6.61 Å². The Hall–Kier alpha value is -2.82. The number of carbonyl (C=O) groups excluding carboxylic acids is 1. The van der Waals surface area contributed by atoms with Crippen LogP contribution in [0.2, 0.25) is 0 Å². The molecule has 36 heavy (non-hydrogen) atoms. The number of hydrogen-bond donors (Lipinski definition) is 2. The van der Waals surface area contributed by atoms with Crippen molar-refractivity contribution in [1.82, 2.24) is 5.32 Å². The summed E-state index contributed by atoms with van der Waals surface area (Å²) in [6.45, 7) is 6.61. The van der Waals surface area contributed by atoms with Crippen LogP contribution in [-0.4, -0.2) is 23.6 Å². The molecule has 5 nitrogen and oxygen atoms in total. The third kappa shape index (κ3) is 4.31. The topological polar surface area (TPSA) is 75.6 Å². The Morgan fingerprint density at radius 2 is 1.81 bits per heavy atom. The van der Waals surface area contributed by atoms with E-state index in [1.54, 1.807) is 0 Å². The summed E-state index contributed by atoms with van der Waals surface area (Å²) in [6, 6.07) is 16.7. The van der Waals surface area contributed by atoms with Gasteiger partial charge in [-0.2, -0.15) is 0 Å². The standard InChI is InChI=1S/C31H39NO4/c1-4-36-22-12-10-21(11-13-22)30(2,3)32-29(35)27-16-15-26-25-14-9-20-7-5-6-8-23(20)24(25)17-18-31(26,27)19-28(33)34/h5-8,10-13,24-27H,4,9,14-19H2,1-3H3,(H,32,35)(H,33,34)/t24-,25-,26+,27?,31-/m1/s1. The number of hydrogen-bond acceptors (Lipinski definition) is 3. The number of nitrogens with one attached hydrogen (secondary N) is 1. The number of amides is 1. The molecular formula is C31H39NO4. The quantitative estimate of drug-likeness (QED) is 0.495. The first-order chi connectivity index (χ1) is 17.2. The van der Waals surface area contributed by atoms with E-state index < -0.39 is 16.9 Å². The van der Waals surface area contributed by atoms with Crippen LogP contribution in [-0.2, 0) is 21.5 Å². The molecule has 0 radical (unpaired) electrons. The van der Waals surface area contributed by atoms with E-state index in [4.69, 9.17) is 4.74 Å². The van der Waals surface area contributed by atoms with Crippen LogP contribution < -0.4 is 10.1 Å². The van der Waals surface area contributed by atoms with Crippen LogP contribution in [0.4, 0.5) is 0 Å². The summed E-state index contributed by atoms with van der Waals surface area (Å²) in [5, 5.41) is 13.3. The Morgan fingerprint density at radius 3 is 2.53 bits per heavy atom. The van der Waals surface area contributed by atoms with Crippen LogP contribution in [0.1, 0.15) is 81.9 Å². The Balaban J connectivity index is 1.39. The predicted molar refractivity (Wildman–Crippen MR) is 140 cm³/mol. The fraction of sp³-hybridized carbons (Fsp3) is 0.548. The molecule has 5 heteroatoms. The number of carbonyl (C=O) groups is 2. The maximum Gasteiger partial charge on any atom is 0.303 e. The molecule has 2 aromatic carbocycles. The first kappa shape index (κ1) is 24.9. The molecule has 0 aromatic heterocycles. The number of carboxylic acids is 1. The summed E-state index contributed by atoms with van der Waals surface area (Å²) in [5.41, 5.74) is 2.90. The summed E-state index contributed by atoms with van der Waals surface area (Å²) < 4.78 is 5.57. The molecule has 0 heterocycles. The van der Waals surface area contributed by atoms with Gasteiger partial charge in [0.05, 0.1) is 18.6 Å². The molecule has 2 saturated carbocycles. The first-order valence-corrected chi connectivity index (χ1v) is 13.6. The van der Waals surface area contributed by atoms with Crippen molar-refractivity contribution in [3.63, 3.8) is 0 Å². The van der Waals surface area contributed by atoms with Crippen LogP contribution in [0.15, 0.2) is 48.5 Å². The summed E-state index contributed by atoms with van der Waals surface area (Å²) in [5.74, 6) is 1.01. The van der Waals surface area contributed by atoms with E-state index >= 15 is 0 Å². The van der Waals surface area contributed by atoms with Gasteiger partial charge in [0.2, 0.25) is 5.91 Å². The highest BCUT2D eigenvalue weighted by atomic mass is 16.5. The third-order valence-electron chi connectivity index (χ3n) is 9.47. The van der Waals surface area contributed by atoms with Gasteiger partial charge >= 0.3 is 5.97 Å². The van der Waals surface area contributed by atoms with Gasteiger partial charge < -0.3 is 15.2 Å². The second-order valence-electron chi connectivity index (χ2n) is 11.7. The second kappa shape index (κ2) is 9.57. The van der Waals surface area contributed by atoms with Gasteiger partial charge in [0.15, 0.2) is 0 Å². The molecule has 2 fully saturated rings. The van der Waals surface area contributed by atoms with Crippen LogP contribution in [0.5, 0.6) is 5.75 Å². The van der Waals surface area contributed by atoms with Crippen molar-refractivity contribution >= 4 is 11.9 Å². The van der Waals surface area contributed by atoms with E-state index in [1.807, 2.05) is 45.0 Å². The molecule has 2 N–H and O–H groups in total. The Labute approximate surface area is 214 Å². The second-order valence-corrected chi connectivity index (χ2v) is 11.7. The Bertz CT molecular complexity index is 1120. The minimum absolute atomic E-state index is 0.00675. The highest BCUT2D eigenvalue weighted by molar-refractivity contribution is 5.82. The summed E-state index contributed by atoms with van der Waals surface area (Å²) in [6.07, 6.45) is 5.73. The molecular weight excluding hydrogens is 450 g/mol. The van der Waals surface area contributed by atoms with E-state index in [0.29, 0.717) is 18.4 Å². The molecule has 3 aliphatic rings. The lowest BCUT2D eigenvalue weighted by Crippen LogP contribution is -2.51. The van der Waals surface area contributed by atoms with Crippen LogP contribution >= 0.6 is 0 Å².